The molecular weight excluding hydrogens is 400 g/mol. The van der Waals surface area contributed by atoms with Crippen molar-refractivity contribution in [2.45, 2.75) is 13.3 Å². The molecule has 0 atom stereocenters. The van der Waals surface area contributed by atoms with Crippen LogP contribution in [0.5, 0.6) is 0 Å². The molecule has 6 nitrogen and oxygen atoms in total. The third kappa shape index (κ3) is 5.29. The van der Waals surface area contributed by atoms with E-state index in [-0.39, 0.29) is 17.5 Å². The molecule has 0 fully saturated rings. The Kier molecular flexibility index (Phi) is 6.41. The van der Waals surface area contributed by atoms with Gasteiger partial charge in [0.15, 0.2) is 0 Å². The molecule has 32 heavy (non-hydrogen) atoms. The summed E-state index contributed by atoms with van der Waals surface area (Å²) in [5, 5.41) is 5.64. The maximum absolute atomic E-state index is 12.9. The topological polar surface area (TPSA) is 86.9 Å². The largest absolute Gasteiger partial charge is 0.350 e. The summed E-state index contributed by atoms with van der Waals surface area (Å²) in [5.74, 6) is 0.105. The number of H-pyrrole nitrogens is 1. The van der Waals surface area contributed by atoms with Gasteiger partial charge in [0.2, 0.25) is 0 Å². The van der Waals surface area contributed by atoms with Crippen molar-refractivity contribution in [2.24, 2.45) is 0 Å². The van der Waals surface area contributed by atoms with Crippen molar-refractivity contribution in [1.82, 2.24) is 20.6 Å². The van der Waals surface area contributed by atoms with Crippen LogP contribution in [0.2, 0.25) is 0 Å². The molecule has 0 aliphatic heterocycles. The van der Waals surface area contributed by atoms with Gasteiger partial charge in [-0.1, -0.05) is 60.2 Å². The molecular formula is C26H24N4O2. The number of benzene rings is 3. The van der Waals surface area contributed by atoms with Gasteiger partial charge in [0.25, 0.3) is 11.8 Å². The first-order valence-electron chi connectivity index (χ1n) is 10.4. The Morgan fingerprint density at radius 1 is 0.938 bits per heavy atom. The molecule has 4 rings (SSSR count). The number of aromatic nitrogens is 2. The van der Waals surface area contributed by atoms with E-state index in [0.717, 1.165) is 28.0 Å². The maximum Gasteiger partial charge on any atom is 0.267 e. The molecule has 0 spiro atoms. The molecule has 3 aromatic carbocycles. The molecule has 0 saturated heterocycles. The average molecular weight is 425 g/mol. The fourth-order valence-corrected chi connectivity index (χ4v) is 3.29. The van der Waals surface area contributed by atoms with Crippen molar-refractivity contribution in [2.75, 3.05) is 6.54 Å². The van der Waals surface area contributed by atoms with Crippen molar-refractivity contribution in [3.63, 3.8) is 0 Å². The van der Waals surface area contributed by atoms with Gasteiger partial charge in [-0.05, 0) is 42.8 Å². The quantitative estimate of drug-likeness (QED) is 0.392. The van der Waals surface area contributed by atoms with Crippen LogP contribution in [0.1, 0.15) is 27.3 Å². The van der Waals surface area contributed by atoms with Crippen LogP contribution in [0.15, 0.2) is 84.6 Å². The summed E-state index contributed by atoms with van der Waals surface area (Å²) in [5.41, 5.74) is 4.41. The van der Waals surface area contributed by atoms with Gasteiger partial charge in [0.05, 0.1) is 11.0 Å². The number of hydrogen-bond acceptors (Lipinski definition) is 3. The Hall–Kier alpha value is -4.19. The maximum atomic E-state index is 12.9. The zero-order valence-corrected chi connectivity index (χ0v) is 17.8. The molecule has 3 N–H and O–H groups in total. The van der Waals surface area contributed by atoms with E-state index in [1.54, 1.807) is 18.2 Å². The number of aromatic amines is 1. The van der Waals surface area contributed by atoms with Crippen molar-refractivity contribution in [3.05, 3.63) is 107 Å². The van der Waals surface area contributed by atoms with Gasteiger partial charge in [-0.2, -0.15) is 0 Å². The number of imidazole rings is 1. The Labute approximate surface area is 186 Å². The summed E-state index contributed by atoms with van der Waals surface area (Å²) in [6, 6.07) is 24.4. The van der Waals surface area contributed by atoms with Crippen LogP contribution in [-0.2, 0) is 11.2 Å². The van der Waals surface area contributed by atoms with Gasteiger partial charge in [0.1, 0.15) is 11.5 Å². The zero-order valence-electron chi connectivity index (χ0n) is 17.8. The van der Waals surface area contributed by atoms with Gasteiger partial charge in [-0.15, -0.1) is 0 Å². The second-order valence-electron chi connectivity index (χ2n) is 7.50. The van der Waals surface area contributed by atoms with E-state index in [1.165, 1.54) is 0 Å². The molecule has 0 unspecified atom stereocenters. The summed E-state index contributed by atoms with van der Waals surface area (Å²) in [6.45, 7) is 2.34. The highest BCUT2D eigenvalue weighted by Gasteiger charge is 2.15. The number of nitrogens with zero attached hydrogens (tertiary/aromatic N) is 1. The summed E-state index contributed by atoms with van der Waals surface area (Å²) in [7, 11) is 0. The van der Waals surface area contributed by atoms with E-state index in [4.69, 9.17) is 0 Å². The Morgan fingerprint density at radius 3 is 2.41 bits per heavy atom. The predicted octanol–water partition coefficient (Wildman–Crippen LogP) is 4.00. The van der Waals surface area contributed by atoms with Gasteiger partial charge in [-0.25, -0.2) is 4.98 Å². The van der Waals surface area contributed by atoms with Crippen LogP contribution in [0.25, 0.3) is 17.1 Å². The van der Waals surface area contributed by atoms with E-state index < -0.39 is 0 Å². The number of nitrogens with one attached hydrogen (secondary N) is 3. The molecule has 4 aromatic rings. The summed E-state index contributed by atoms with van der Waals surface area (Å²) in [4.78, 5) is 33.4. The lowest BCUT2D eigenvalue weighted by atomic mass is 10.1. The second kappa shape index (κ2) is 9.75. The number of amides is 2. The fraction of sp³-hybridized carbons (Fsp3) is 0.115. The van der Waals surface area contributed by atoms with Crippen molar-refractivity contribution in [1.29, 1.82) is 0 Å². The lowest BCUT2D eigenvalue weighted by molar-refractivity contribution is -0.117. The zero-order chi connectivity index (χ0) is 22.3. The Balaban J connectivity index is 1.45. The molecule has 6 heteroatoms. The molecule has 0 radical (unpaired) electrons. The third-order valence-corrected chi connectivity index (χ3v) is 5.00. The first kappa shape index (κ1) is 21.1. The first-order chi connectivity index (χ1) is 15.6. The lowest BCUT2D eigenvalue weighted by Crippen LogP contribution is -2.35. The molecule has 0 saturated carbocycles. The minimum atomic E-state index is -0.356. The summed E-state index contributed by atoms with van der Waals surface area (Å²) >= 11 is 0. The Bertz CT molecular complexity index is 1220. The van der Waals surface area contributed by atoms with Gasteiger partial charge < -0.3 is 15.6 Å². The molecule has 0 aliphatic rings. The molecule has 0 aliphatic carbocycles. The molecule has 2 amide bonds. The van der Waals surface area contributed by atoms with Crippen molar-refractivity contribution < 1.29 is 9.59 Å². The van der Waals surface area contributed by atoms with Gasteiger partial charge in [-0.3, -0.25) is 9.59 Å². The number of hydrogen-bond donors (Lipinski definition) is 3. The smallest absolute Gasteiger partial charge is 0.267 e. The number of carbonyl (C=O) groups excluding carboxylic acids is 2. The van der Waals surface area contributed by atoms with Crippen molar-refractivity contribution >= 4 is 28.9 Å². The predicted molar refractivity (Wildman–Crippen MR) is 126 cm³/mol. The first-order valence-corrected chi connectivity index (χ1v) is 10.4. The minimum absolute atomic E-state index is 0.186. The highest BCUT2D eigenvalue weighted by atomic mass is 16.2. The van der Waals surface area contributed by atoms with Crippen molar-refractivity contribution in [3.8, 4) is 0 Å². The highest BCUT2D eigenvalue weighted by Crippen LogP contribution is 2.11. The van der Waals surface area contributed by atoms with Crippen LogP contribution in [0.4, 0.5) is 0 Å². The van der Waals surface area contributed by atoms with Gasteiger partial charge >= 0.3 is 0 Å². The standard InChI is InChI=1S/C26H24N4O2/c1-18-11-13-20(14-12-18)25(31)30-23(17-19-7-3-2-4-8-19)26(32)27-16-15-24-28-21-9-5-6-10-22(21)29-24/h2-14,17H,15-16H2,1H3,(H,27,32)(H,28,29)(H,30,31)/b23-17-. The van der Waals surface area contributed by atoms with E-state index in [0.29, 0.717) is 18.5 Å². The van der Waals surface area contributed by atoms with Crippen LogP contribution < -0.4 is 10.6 Å². The lowest BCUT2D eigenvalue weighted by Gasteiger charge is -2.11. The molecule has 160 valence electrons. The normalized spacial score (nSPS) is 11.3. The van der Waals surface area contributed by atoms with E-state index in [9.17, 15) is 9.59 Å². The average Bonchev–Trinajstić information content (AvgIpc) is 3.22. The van der Waals surface area contributed by atoms with Gasteiger partial charge in [0, 0.05) is 18.5 Å². The van der Waals surface area contributed by atoms with Crippen LogP contribution in [0, 0.1) is 6.92 Å². The van der Waals surface area contributed by atoms with E-state index in [2.05, 4.69) is 20.6 Å². The van der Waals surface area contributed by atoms with Crippen LogP contribution >= 0.6 is 0 Å². The molecule has 1 heterocycles. The minimum Gasteiger partial charge on any atom is -0.350 e. The summed E-state index contributed by atoms with van der Waals surface area (Å²) < 4.78 is 0. The molecule has 1 aromatic heterocycles. The number of para-hydroxylation sites is 2. The SMILES string of the molecule is Cc1ccc(C(=O)N/C(=C\c2ccccc2)C(=O)NCCc2nc3ccccc3[nH]2)cc1. The number of carbonyl (C=O) groups is 2. The number of fused-ring (bicyclic) bond motifs is 1. The monoisotopic (exact) mass is 424 g/mol. The van der Waals surface area contributed by atoms with E-state index in [1.807, 2.05) is 73.7 Å². The molecule has 0 bridgehead atoms. The van der Waals surface area contributed by atoms with E-state index >= 15 is 0 Å². The highest BCUT2D eigenvalue weighted by molar-refractivity contribution is 6.05. The van der Waals surface area contributed by atoms with Crippen LogP contribution in [-0.4, -0.2) is 28.3 Å². The number of rotatable bonds is 7. The van der Waals surface area contributed by atoms with Crippen LogP contribution in [0.3, 0.4) is 0 Å². The summed E-state index contributed by atoms with van der Waals surface area (Å²) in [6.07, 6.45) is 2.22. The third-order valence-electron chi connectivity index (χ3n) is 5.00. The second-order valence-corrected chi connectivity index (χ2v) is 7.50. The number of aryl methyl sites for hydroxylation is 1. The fourth-order valence-electron chi connectivity index (χ4n) is 3.29. The Morgan fingerprint density at radius 2 is 1.66 bits per heavy atom.